The Bertz CT molecular complexity index is 1240. The van der Waals surface area contributed by atoms with Crippen LogP contribution in [0, 0.1) is 0 Å². The summed E-state index contributed by atoms with van der Waals surface area (Å²) in [5.41, 5.74) is 2.81. The van der Waals surface area contributed by atoms with Crippen molar-refractivity contribution >= 4 is 47.2 Å². The summed E-state index contributed by atoms with van der Waals surface area (Å²) >= 11 is 6.41. The van der Waals surface area contributed by atoms with Gasteiger partial charge in [0, 0.05) is 11.3 Å². The number of hydrogen-bond acceptors (Lipinski definition) is 7. The molecule has 0 aliphatic heterocycles. The summed E-state index contributed by atoms with van der Waals surface area (Å²) in [5.74, 6) is 2.14. The standard InChI is InChI=1S/C27H35ClN5O2P/c1-5-35-24-16-19(18-10-13-20(29-2)14-11-18)12-15-22(24)32-27-30-17-21(28)26(33-27)31-23-8-6-7-9-25(23)36(3,4)34/h6-9,12,15-18,20,29H,5,10-11,13-14H2,1-4H3,(H2,30,31,32,33). The van der Waals surface area contributed by atoms with Crippen LogP contribution in [0.25, 0.3) is 0 Å². The molecule has 0 atom stereocenters. The zero-order valence-corrected chi connectivity index (χ0v) is 23.0. The summed E-state index contributed by atoms with van der Waals surface area (Å²) in [6.45, 7) is 6.03. The van der Waals surface area contributed by atoms with Crippen LogP contribution in [0.3, 0.4) is 0 Å². The zero-order valence-electron chi connectivity index (χ0n) is 21.3. The quantitative estimate of drug-likeness (QED) is 0.273. The average molecular weight is 528 g/mol. The first-order valence-corrected chi connectivity index (χ1v) is 15.4. The van der Waals surface area contributed by atoms with E-state index in [1.807, 2.05) is 44.3 Å². The highest BCUT2D eigenvalue weighted by Crippen LogP contribution is 2.39. The highest BCUT2D eigenvalue weighted by molar-refractivity contribution is 7.70. The lowest BCUT2D eigenvalue weighted by Gasteiger charge is -2.29. The summed E-state index contributed by atoms with van der Waals surface area (Å²) in [7, 11) is -0.451. The van der Waals surface area contributed by atoms with Crippen molar-refractivity contribution in [1.82, 2.24) is 15.3 Å². The first-order valence-electron chi connectivity index (χ1n) is 12.4. The van der Waals surface area contributed by atoms with E-state index < -0.39 is 7.14 Å². The van der Waals surface area contributed by atoms with Gasteiger partial charge in [-0.1, -0.05) is 29.8 Å². The molecule has 0 saturated heterocycles. The van der Waals surface area contributed by atoms with E-state index in [1.54, 1.807) is 19.5 Å². The number of aromatic nitrogens is 2. The summed E-state index contributed by atoms with van der Waals surface area (Å²) < 4.78 is 18.7. The molecule has 1 aliphatic carbocycles. The lowest BCUT2D eigenvalue weighted by molar-refractivity contribution is 0.338. The Morgan fingerprint density at radius 1 is 1.06 bits per heavy atom. The predicted molar refractivity (Wildman–Crippen MR) is 151 cm³/mol. The van der Waals surface area contributed by atoms with Gasteiger partial charge in [-0.25, -0.2) is 4.98 Å². The van der Waals surface area contributed by atoms with Crippen LogP contribution in [0.2, 0.25) is 5.02 Å². The normalized spacial score (nSPS) is 18.0. The fraction of sp³-hybridized carbons (Fsp3) is 0.407. The molecule has 3 aromatic rings. The van der Waals surface area contributed by atoms with Gasteiger partial charge in [0.1, 0.15) is 17.9 Å². The van der Waals surface area contributed by atoms with Crippen molar-refractivity contribution in [3.8, 4) is 5.75 Å². The maximum Gasteiger partial charge on any atom is 0.229 e. The van der Waals surface area contributed by atoms with Crippen LogP contribution in [0.4, 0.5) is 23.1 Å². The first-order chi connectivity index (χ1) is 17.3. The molecule has 0 amide bonds. The molecule has 0 spiro atoms. The van der Waals surface area contributed by atoms with E-state index in [1.165, 1.54) is 31.2 Å². The largest absolute Gasteiger partial charge is 0.492 e. The Balaban J connectivity index is 1.56. The van der Waals surface area contributed by atoms with Crippen molar-refractivity contribution in [2.75, 3.05) is 37.6 Å². The highest BCUT2D eigenvalue weighted by atomic mass is 35.5. The first kappa shape index (κ1) is 26.5. The minimum atomic E-state index is -2.50. The number of para-hydroxylation sites is 1. The van der Waals surface area contributed by atoms with Crippen molar-refractivity contribution in [2.45, 2.75) is 44.6 Å². The van der Waals surface area contributed by atoms with Crippen LogP contribution in [0.1, 0.15) is 44.1 Å². The van der Waals surface area contributed by atoms with Gasteiger partial charge in [0.15, 0.2) is 5.82 Å². The fourth-order valence-electron chi connectivity index (χ4n) is 4.70. The van der Waals surface area contributed by atoms with Crippen LogP contribution in [-0.4, -0.2) is 43.0 Å². The lowest BCUT2D eigenvalue weighted by Crippen LogP contribution is -2.29. The van der Waals surface area contributed by atoms with Gasteiger partial charge in [0.25, 0.3) is 0 Å². The molecule has 1 saturated carbocycles. The Hall–Kier alpha value is -2.60. The van der Waals surface area contributed by atoms with E-state index in [0.717, 1.165) is 16.7 Å². The van der Waals surface area contributed by atoms with Gasteiger partial charge in [-0.3, -0.25) is 0 Å². The summed E-state index contributed by atoms with van der Waals surface area (Å²) in [4.78, 5) is 8.97. The third-order valence-corrected chi connectivity index (χ3v) is 8.47. The fourth-order valence-corrected chi connectivity index (χ4v) is 5.99. The lowest BCUT2D eigenvalue weighted by atomic mass is 9.81. The molecule has 192 valence electrons. The molecule has 3 N–H and O–H groups in total. The van der Waals surface area contributed by atoms with E-state index >= 15 is 0 Å². The number of ether oxygens (including phenoxy) is 1. The monoisotopic (exact) mass is 527 g/mol. The third-order valence-electron chi connectivity index (χ3n) is 6.64. The van der Waals surface area contributed by atoms with Crippen molar-refractivity contribution in [2.24, 2.45) is 0 Å². The highest BCUT2D eigenvalue weighted by Gasteiger charge is 2.22. The summed E-state index contributed by atoms with van der Waals surface area (Å²) in [6, 6.07) is 14.5. The number of nitrogens with zero attached hydrogens (tertiary/aromatic N) is 2. The molecule has 1 aromatic heterocycles. The Kier molecular flexibility index (Phi) is 8.55. The molecular formula is C27H35ClN5O2P. The number of benzene rings is 2. The van der Waals surface area contributed by atoms with Gasteiger partial charge in [-0.15, -0.1) is 0 Å². The minimum absolute atomic E-state index is 0.370. The van der Waals surface area contributed by atoms with Gasteiger partial charge in [0.2, 0.25) is 5.95 Å². The number of hydrogen-bond donors (Lipinski definition) is 3. The molecule has 0 bridgehead atoms. The third kappa shape index (κ3) is 6.39. The molecule has 1 fully saturated rings. The maximum atomic E-state index is 12.8. The number of nitrogens with one attached hydrogen (secondary N) is 3. The Morgan fingerprint density at radius 2 is 1.81 bits per heavy atom. The smallest absolute Gasteiger partial charge is 0.229 e. The van der Waals surface area contributed by atoms with Gasteiger partial charge in [-0.2, -0.15) is 4.98 Å². The molecule has 1 heterocycles. The number of halogens is 1. The molecule has 1 aliphatic rings. The number of rotatable bonds is 9. The summed E-state index contributed by atoms with van der Waals surface area (Å²) in [6.07, 6.45) is 6.27. The van der Waals surface area contributed by atoms with E-state index in [9.17, 15) is 4.57 Å². The zero-order chi connectivity index (χ0) is 25.7. The van der Waals surface area contributed by atoms with Crippen molar-refractivity contribution in [3.05, 3.63) is 59.2 Å². The topological polar surface area (TPSA) is 88.2 Å². The van der Waals surface area contributed by atoms with E-state index in [4.69, 9.17) is 16.3 Å². The second kappa shape index (κ2) is 11.6. The van der Waals surface area contributed by atoms with Gasteiger partial charge in [0.05, 0.1) is 24.2 Å². The van der Waals surface area contributed by atoms with Crippen LogP contribution >= 0.6 is 18.7 Å². The molecule has 9 heteroatoms. The van der Waals surface area contributed by atoms with E-state index in [2.05, 4.69) is 38.1 Å². The number of anilines is 4. The van der Waals surface area contributed by atoms with Crippen molar-refractivity contribution in [3.63, 3.8) is 0 Å². The van der Waals surface area contributed by atoms with Crippen LogP contribution in [0.5, 0.6) is 5.75 Å². The Morgan fingerprint density at radius 3 is 2.50 bits per heavy atom. The second-order valence-electron chi connectivity index (χ2n) is 9.53. The maximum absolute atomic E-state index is 12.8. The van der Waals surface area contributed by atoms with E-state index in [-0.39, 0.29) is 0 Å². The van der Waals surface area contributed by atoms with Crippen molar-refractivity contribution < 1.29 is 9.30 Å². The molecule has 36 heavy (non-hydrogen) atoms. The summed E-state index contributed by atoms with van der Waals surface area (Å²) in [5, 5.41) is 11.0. The molecule has 4 rings (SSSR count). The van der Waals surface area contributed by atoms with E-state index in [0.29, 0.717) is 41.0 Å². The second-order valence-corrected chi connectivity index (χ2v) is 13.1. The molecule has 0 radical (unpaired) electrons. The van der Waals surface area contributed by atoms with Gasteiger partial charge < -0.3 is 25.3 Å². The molecule has 0 unspecified atom stereocenters. The molecule has 7 nitrogen and oxygen atoms in total. The van der Waals surface area contributed by atoms with Crippen LogP contribution in [-0.2, 0) is 4.57 Å². The van der Waals surface area contributed by atoms with Crippen LogP contribution < -0.4 is 26.0 Å². The average Bonchev–Trinajstić information content (AvgIpc) is 2.87. The predicted octanol–water partition coefficient (Wildman–Crippen LogP) is 6.51. The van der Waals surface area contributed by atoms with Gasteiger partial charge in [-0.05, 0) is 88.7 Å². The SMILES string of the molecule is CCOc1cc(C2CCC(NC)CC2)ccc1Nc1ncc(Cl)c(Nc2ccccc2P(C)(C)=O)n1. The van der Waals surface area contributed by atoms with Crippen molar-refractivity contribution in [1.29, 1.82) is 0 Å². The van der Waals surface area contributed by atoms with Crippen LogP contribution in [0.15, 0.2) is 48.7 Å². The molecule has 2 aromatic carbocycles. The molecular weight excluding hydrogens is 493 g/mol. The minimum Gasteiger partial charge on any atom is -0.492 e. The van der Waals surface area contributed by atoms with Gasteiger partial charge >= 0.3 is 0 Å². The Labute approximate surface area is 218 Å².